The average Bonchev–Trinajstić information content (AvgIpc) is 3.22. The topological polar surface area (TPSA) is 26.2 Å². The lowest BCUT2D eigenvalue weighted by atomic mass is 10.1. The second-order valence-electron chi connectivity index (χ2n) is 5.51. The van der Waals surface area contributed by atoms with E-state index in [4.69, 9.17) is 4.74 Å². The van der Waals surface area contributed by atoms with Crippen molar-refractivity contribution >= 4 is 0 Å². The second kappa shape index (κ2) is 6.14. The molecule has 1 aromatic heterocycles. The van der Waals surface area contributed by atoms with Gasteiger partial charge in [-0.25, -0.2) is 0 Å². The van der Waals surface area contributed by atoms with Crippen LogP contribution in [0.1, 0.15) is 24.0 Å². The van der Waals surface area contributed by atoms with E-state index in [-0.39, 0.29) is 0 Å². The molecular formula is C17H22N2O. The SMILES string of the molecule is COc1ccc(CCn2ccc(CNC3CC3)c2)cc1. The summed E-state index contributed by atoms with van der Waals surface area (Å²) in [5.41, 5.74) is 2.73. The molecule has 3 rings (SSSR count). The molecule has 106 valence electrons. The van der Waals surface area contributed by atoms with Crippen LogP contribution in [0, 0.1) is 0 Å². The quantitative estimate of drug-likeness (QED) is 0.837. The number of hydrogen-bond donors (Lipinski definition) is 1. The number of hydrogen-bond acceptors (Lipinski definition) is 2. The first-order valence-electron chi connectivity index (χ1n) is 7.34. The molecule has 3 nitrogen and oxygen atoms in total. The Morgan fingerprint density at radius 2 is 1.95 bits per heavy atom. The van der Waals surface area contributed by atoms with Crippen LogP contribution in [0.3, 0.4) is 0 Å². The molecule has 2 aromatic rings. The van der Waals surface area contributed by atoms with Crippen LogP contribution in [0.4, 0.5) is 0 Å². The van der Waals surface area contributed by atoms with Crippen molar-refractivity contribution < 1.29 is 4.74 Å². The average molecular weight is 270 g/mol. The van der Waals surface area contributed by atoms with Gasteiger partial charge in [0.25, 0.3) is 0 Å². The first-order valence-corrected chi connectivity index (χ1v) is 7.34. The molecule has 0 spiro atoms. The van der Waals surface area contributed by atoms with E-state index < -0.39 is 0 Å². The van der Waals surface area contributed by atoms with Gasteiger partial charge in [-0.1, -0.05) is 12.1 Å². The Morgan fingerprint density at radius 3 is 2.65 bits per heavy atom. The highest BCUT2D eigenvalue weighted by Gasteiger charge is 2.19. The highest BCUT2D eigenvalue weighted by Crippen LogP contribution is 2.19. The zero-order valence-corrected chi connectivity index (χ0v) is 12.0. The molecule has 1 N–H and O–H groups in total. The maximum atomic E-state index is 5.17. The molecular weight excluding hydrogens is 248 g/mol. The van der Waals surface area contributed by atoms with Crippen LogP contribution in [0.5, 0.6) is 5.75 Å². The van der Waals surface area contributed by atoms with Gasteiger partial charge in [0.15, 0.2) is 0 Å². The van der Waals surface area contributed by atoms with Gasteiger partial charge in [-0.2, -0.15) is 0 Å². The van der Waals surface area contributed by atoms with E-state index in [0.717, 1.165) is 31.3 Å². The summed E-state index contributed by atoms with van der Waals surface area (Å²) in [6, 6.07) is 11.3. The van der Waals surface area contributed by atoms with E-state index in [1.807, 2.05) is 12.1 Å². The van der Waals surface area contributed by atoms with Crippen LogP contribution < -0.4 is 10.1 Å². The third-order valence-electron chi connectivity index (χ3n) is 3.80. The Labute approximate surface area is 120 Å². The van der Waals surface area contributed by atoms with Crippen molar-refractivity contribution in [2.45, 2.75) is 38.4 Å². The number of aryl methyl sites for hydroxylation is 2. The van der Waals surface area contributed by atoms with E-state index in [9.17, 15) is 0 Å². The van der Waals surface area contributed by atoms with Crippen LogP contribution >= 0.6 is 0 Å². The van der Waals surface area contributed by atoms with Gasteiger partial charge in [0.05, 0.1) is 7.11 Å². The van der Waals surface area contributed by atoms with Crippen molar-refractivity contribution in [3.63, 3.8) is 0 Å². The zero-order chi connectivity index (χ0) is 13.8. The highest BCUT2D eigenvalue weighted by atomic mass is 16.5. The summed E-state index contributed by atoms with van der Waals surface area (Å²) in [5, 5.41) is 3.55. The summed E-state index contributed by atoms with van der Waals surface area (Å²) >= 11 is 0. The number of ether oxygens (including phenoxy) is 1. The molecule has 0 atom stereocenters. The van der Waals surface area contributed by atoms with E-state index in [0.29, 0.717) is 0 Å². The van der Waals surface area contributed by atoms with Crippen molar-refractivity contribution in [3.05, 3.63) is 53.9 Å². The molecule has 1 fully saturated rings. The second-order valence-corrected chi connectivity index (χ2v) is 5.51. The van der Waals surface area contributed by atoms with Crippen molar-refractivity contribution in [3.8, 4) is 5.75 Å². The summed E-state index contributed by atoms with van der Waals surface area (Å²) in [7, 11) is 1.70. The monoisotopic (exact) mass is 270 g/mol. The number of nitrogens with zero attached hydrogens (tertiary/aromatic N) is 1. The third-order valence-corrected chi connectivity index (χ3v) is 3.80. The minimum atomic E-state index is 0.776. The highest BCUT2D eigenvalue weighted by molar-refractivity contribution is 5.27. The van der Waals surface area contributed by atoms with E-state index in [1.54, 1.807) is 7.11 Å². The maximum Gasteiger partial charge on any atom is 0.118 e. The van der Waals surface area contributed by atoms with Crippen LogP contribution in [0.15, 0.2) is 42.7 Å². The van der Waals surface area contributed by atoms with Crippen LogP contribution in [-0.4, -0.2) is 17.7 Å². The van der Waals surface area contributed by atoms with Crippen molar-refractivity contribution in [2.75, 3.05) is 7.11 Å². The number of aromatic nitrogens is 1. The van der Waals surface area contributed by atoms with Crippen LogP contribution in [-0.2, 0) is 19.5 Å². The van der Waals surface area contributed by atoms with Crippen molar-refractivity contribution in [2.24, 2.45) is 0 Å². The number of rotatable bonds is 7. The Bertz CT molecular complexity index is 540. The number of benzene rings is 1. The molecule has 0 saturated heterocycles. The molecule has 3 heteroatoms. The third kappa shape index (κ3) is 3.64. The number of methoxy groups -OCH3 is 1. The summed E-state index contributed by atoms with van der Waals surface area (Å²) < 4.78 is 7.45. The number of nitrogens with one attached hydrogen (secondary N) is 1. The van der Waals surface area contributed by atoms with Crippen LogP contribution in [0.25, 0.3) is 0 Å². The summed E-state index contributed by atoms with van der Waals surface area (Å²) in [4.78, 5) is 0. The molecule has 0 bridgehead atoms. The van der Waals surface area contributed by atoms with Gasteiger partial charge in [0.2, 0.25) is 0 Å². The summed E-state index contributed by atoms with van der Waals surface area (Å²) in [5.74, 6) is 0.920. The van der Waals surface area contributed by atoms with Crippen molar-refractivity contribution in [1.82, 2.24) is 9.88 Å². The molecule has 1 aromatic carbocycles. The predicted octanol–water partition coefficient (Wildman–Crippen LogP) is 2.99. The first-order chi connectivity index (χ1) is 9.83. The molecule has 1 heterocycles. The molecule has 1 aliphatic rings. The largest absolute Gasteiger partial charge is 0.497 e. The normalized spacial score (nSPS) is 14.4. The molecule has 0 aliphatic heterocycles. The first kappa shape index (κ1) is 13.3. The fourth-order valence-electron chi connectivity index (χ4n) is 2.33. The predicted molar refractivity (Wildman–Crippen MR) is 81.0 cm³/mol. The molecule has 20 heavy (non-hydrogen) atoms. The van der Waals surface area contributed by atoms with E-state index >= 15 is 0 Å². The van der Waals surface area contributed by atoms with E-state index in [2.05, 4.69) is 40.5 Å². The Kier molecular flexibility index (Phi) is 4.07. The van der Waals surface area contributed by atoms with Gasteiger partial charge in [-0.3, -0.25) is 0 Å². The van der Waals surface area contributed by atoms with Crippen LogP contribution in [0.2, 0.25) is 0 Å². The van der Waals surface area contributed by atoms with Gasteiger partial charge in [-0.05, 0) is 48.6 Å². The van der Waals surface area contributed by atoms with Gasteiger partial charge >= 0.3 is 0 Å². The minimum absolute atomic E-state index is 0.776. The molecule has 0 radical (unpaired) electrons. The Hall–Kier alpha value is -1.74. The van der Waals surface area contributed by atoms with Gasteiger partial charge in [0, 0.05) is 31.5 Å². The Morgan fingerprint density at radius 1 is 1.15 bits per heavy atom. The molecule has 1 aliphatic carbocycles. The maximum absolute atomic E-state index is 5.17. The Balaban J connectivity index is 1.49. The molecule has 1 saturated carbocycles. The van der Waals surface area contributed by atoms with Gasteiger partial charge in [-0.15, -0.1) is 0 Å². The minimum Gasteiger partial charge on any atom is -0.497 e. The lowest BCUT2D eigenvalue weighted by Gasteiger charge is -2.05. The summed E-state index contributed by atoms with van der Waals surface area (Å²) in [6.45, 7) is 2.02. The summed E-state index contributed by atoms with van der Waals surface area (Å²) in [6.07, 6.45) is 8.16. The molecule has 0 unspecified atom stereocenters. The van der Waals surface area contributed by atoms with E-state index in [1.165, 1.54) is 24.0 Å². The lowest BCUT2D eigenvalue weighted by Crippen LogP contribution is -2.14. The fourth-order valence-corrected chi connectivity index (χ4v) is 2.33. The fraction of sp³-hybridized carbons (Fsp3) is 0.412. The van der Waals surface area contributed by atoms with Crippen molar-refractivity contribution in [1.29, 1.82) is 0 Å². The zero-order valence-electron chi connectivity index (χ0n) is 12.0. The lowest BCUT2D eigenvalue weighted by molar-refractivity contribution is 0.414. The van der Waals surface area contributed by atoms with Gasteiger partial charge in [0.1, 0.15) is 5.75 Å². The standard InChI is InChI=1S/C17H22N2O/c1-20-17-6-2-14(3-7-17)8-10-19-11-9-15(13-19)12-18-16-4-5-16/h2-3,6-7,9,11,13,16,18H,4-5,8,10,12H2,1H3. The van der Waals surface area contributed by atoms with Gasteiger partial charge < -0.3 is 14.6 Å². The molecule has 0 amide bonds. The smallest absolute Gasteiger partial charge is 0.118 e.